The zero-order valence-electron chi connectivity index (χ0n) is 16.3. The standard InChI is InChI=1S/C20H27N5O3/c1-24-11-12-25(15-20(24)7-13-27-14-8-20)18(26)4-2-3-17-22-19(23-28-17)16-5-9-21-10-6-16/h5-6,9-10H,2-4,7-8,11-15H2,1H3. The van der Waals surface area contributed by atoms with Crippen LogP contribution in [0.2, 0.25) is 0 Å². The van der Waals surface area contributed by atoms with Gasteiger partial charge in [-0.2, -0.15) is 4.98 Å². The molecular weight excluding hydrogens is 358 g/mol. The molecule has 2 aliphatic heterocycles. The molecule has 2 aromatic rings. The number of hydrogen-bond donors (Lipinski definition) is 0. The normalized spacial score (nSPS) is 19.8. The number of carbonyl (C=O) groups excluding carboxylic acids is 1. The van der Waals surface area contributed by atoms with Gasteiger partial charge in [-0.05, 0) is 38.4 Å². The van der Waals surface area contributed by atoms with Crippen molar-refractivity contribution in [2.75, 3.05) is 39.9 Å². The van der Waals surface area contributed by atoms with E-state index >= 15 is 0 Å². The van der Waals surface area contributed by atoms with E-state index in [1.165, 1.54) is 0 Å². The lowest BCUT2D eigenvalue weighted by Crippen LogP contribution is -2.63. The zero-order chi connectivity index (χ0) is 19.4. The molecule has 2 aromatic heterocycles. The van der Waals surface area contributed by atoms with Gasteiger partial charge in [0, 0.05) is 69.2 Å². The van der Waals surface area contributed by atoms with Crippen LogP contribution in [0.25, 0.3) is 11.4 Å². The van der Waals surface area contributed by atoms with Crippen LogP contribution in [0.5, 0.6) is 0 Å². The summed E-state index contributed by atoms with van der Waals surface area (Å²) in [5.74, 6) is 1.34. The lowest BCUT2D eigenvalue weighted by molar-refractivity contribution is -0.139. The Morgan fingerprint density at radius 3 is 2.79 bits per heavy atom. The van der Waals surface area contributed by atoms with Gasteiger partial charge in [-0.15, -0.1) is 0 Å². The number of likely N-dealkylation sites (N-methyl/N-ethyl adjacent to an activating group) is 1. The predicted octanol–water partition coefficient (Wildman–Crippen LogP) is 1.78. The first-order valence-electron chi connectivity index (χ1n) is 9.96. The molecule has 2 aliphatic rings. The van der Waals surface area contributed by atoms with Gasteiger partial charge in [0.15, 0.2) is 0 Å². The van der Waals surface area contributed by atoms with Crippen molar-refractivity contribution in [2.24, 2.45) is 0 Å². The molecule has 0 unspecified atom stereocenters. The maximum absolute atomic E-state index is 12.8. The second-order valence-corrected chi connectivity index (χ2v) is 7.67. The summed E-state index contributed by atoms with van der Waals surface area (Å²) in [6.45, 7) is 4.08. The first-order chi connectivity index (χ1) is 13.7. The molecule has 1 amide bonds. The lowest BCUT2D eigenvalue weighted by Gasteiger charge is -2.51. The molecule has 150 valence electrons. The smallest absolute Gasteiger partial charge is 0.226 e. The van der Waals surface area contributed by atoms with Gasteiger partial charge in [0.25, 0.3) is 0 Å². The van der Waals surface area contributed by atoms with Gasteiger partial charge < -0.3 is 14.2 Å². The first kappa shape index (κ1) is 19.0. The van der Waals surface area contributed by atoms with E-state index < -0.39 is 0 Å². The summed E-state index contributed by atoms with van der Waals surface area (Å²) in [7, 11) is 2.17. The highest BCUT2D eigenvalue weighted by Crippen LogP contribution is 2.31. The number of aryl methyl sites for hydroxylation is 1. The molecule has 1 spiro atoms. The third-order valence-corrected chi connectivity index (χ3v) is 5.96. The third kappa shape index (κ3) is 4.07. The number of nitrogens with zero attached hydrogens (tertiary/aromatic N) is 5. The van der Waals surface area contributed by atoms with Crippen LogP contribution in [0.4, 0.5) is 0 Å². The fourth-order valence-corrected chi connectivity index (χ4v) is 4.09. The highest BCUT2D eigenvalue weighted by atomic mass is 16.5. The second-order valence-electron chi connectivity index (χ2n) is 7.67. The molecule has 4 heterocycles. The maximum atomic E-state index is 12.8. The van der Waals surface area contributed by atoms with Crippen molar-refractivity contribution in [3.05, 3.63) is 30.4 Å². The lowest BCUT2D eigenvalue weighted by atomic mass is 9.86. The molecule has 0 bridgehead atoms. The van der Waals surface area contributed by atoms with Crippen LogP contribution in [0.3, 0.4) is 0 Å². The number of rotatable bonds is 5. The Bertz CT molecular complexity index is 788. The van der Waals surface area contributed by atoms with Crippen LogP contribution in [0.1, 0.15) is 31.6 Å². The number of amides is 1. The van der Waals surface area contributed by atoms with Gasteiger partial charge in [0.2, 0.25) is 17.6 Å². The van der Waals surface area contributed by atoms with Crippen molar-refractivity contribution < 1.29 is 14.1 Å². The van der Waals surface area contributed by atoms with Crippen molar-refractivity contribution in [1.82, 2.24) is 24.9 Å². The number of aromatic nitrogens is 3. The molecular formula is C20H27N5O3. The first-order valence-corrected chi connectivity index (χ1v) is 9.96. The minimum atomic E-state index is 0.0814. The van der Waals surface area contributed by atoms with Crippen LogP contribution >= 0.6 is 0 Å². The minimum absolute atomic E-state index is 0.0814. The molecule has 4 rings (SSSR count). The van der Waals surface area contributed by atoms with Crippen LogP contribution < -0.4 is 0 Å². The quantitative estimate of drug-likeness (QED) is 0.775. The maximum Gasteiger partial charge on any atom is 0.226 e. The van der Waals surface area contributed by atoms with Crippen molar-refractivity contribution in [1.29, 1.82) is 0 Å². The fraction of sp³-hybridized carbons (Fsp3) is 0.600. The molecule has 0 radical (unpaired) electrons. The SMILES string of the molecule is CN1CCN(C(=O)CCCc2nc(-c3ccncc3)no2)CC12CCOCC2. The van der Waals surface area contributed by atoms with E-state index in [2.05, 4.69) is 27.1 Å². The van der Waals surface area contributed by atoms with Crippen molar-refractivity contribution in [3.63, 3.8) is 0 Å². The molecule has 28 heavy (non-hydrogen) atoms. The van der Waals surface area contributed by atoms with Gasteiger partial charge in [-0.1, -0.05) is 5.16 Å². The highest BCUT2D eigenvalue weighted by molar-refractivity contribution is 5.76. The molecule has 0 saturated carbocycles. The largest absolute Gasteiger partial charge is 0.381 e. The van der Waals surface area contributed by atoms with E-state index in [1.807, 2.05) is 17.0 Å². The van der Waals surface area contributed by atoms with E-state index in [9.17, 15) is 4.79 Å². The second kappa shape index (κ2) is 8.36. The fourth-order valence-electron chi connectivity index (χ4n) is 4.09. The van der Waals surface area contributed by atoms with Crippen LogP contribution in [-0.4, -0.2) is 76.3 Å². The number of pyridine rings is 1. The monoisotopic (exact) mass is 385 g/mol. The Kier molecular flexibility index (Phi) is 5.68. The summed E-state index contributed by atoms with van der Waals surface area (Å²) in [5.41, 5.74) is 0.957. The summed E-state index contributed by atoms with van der Waals surface area (Å²) in [4.78, 5) is 25.6. The molecule has 2 saturated heterocycles. The third-order valence-electron chi connectivity index (χ3n) is 5.96. The number of hydrogen-bond acceptors (Lipinski definition) is 7. The van der Waals surface area contributed by atoms with Gasteiger partial charge in [0.05, 0.1) is 0 Å². The summed E-state index contributed by atoms with van der Waals surface area (Å²) >= 11 is 0. The molecule has 2 fully saturated rings. The Morgan fingerprint density at radius 1 is 1.21 bits per heavy atom. The van der Waals surface area contributed by atoms with E-state index in [-0.39, 0.29) is 11.4 Å². The molecule has 0 atom stereocenters. The predicted molar refractivity (Wildman–Crippen MR) is 102 cm³/mol. The Morgan fingerprint density at radius 2 is 2.00 bits per heavy atom. The van der Waals surface area contributed by atoms with E-state index in [0.29, 0.717) is 31.0 Å². The van der Waals surface area contributed by atoms with Crippen LogP contribution in [0, 0.1) is 0 Å². The average Bonchev–Trinajstić information content (AvgIpc) is 3.20. The molecule has 8 heteroatoms. The van der Waals surface area contributed by atoms with Crippen molar-refractivity contribution in [2.45, 2.75) is 37.6 Å². The van der Waals surface area contributed by atoms with Crippen LogP contribution in [-0.2, 0) is 16.0 Å². The molecule has 0 N–H and O–H groups in total. The molecule has 0 aromatic carbocycles. The van der Waals surface area contributed by atoms with Gasteiger partial charge >= 0.3 is 0 Å². The summed E-state index contributed by atoms with van der Waals surface area (Å²) < 4.78 is 10.9. The van der Waals surface area contributed by atoms with Gasteiger partial charge in [-0.25, -0.2) is 0 Å². The van der Waals surface area contributed by atoms with E-state index in [1.54, 1.807) is 12.4 Å². The number of ether oxygens (including phenoxy) is 1. The van der Waals surface area contributed by atoms with Gasteiger partial charge in [0.1, 0.15) is 0 Å². The van der Waals surface area contributed by atoms with E-state index in [0.717, 1.165) is 51.3 Å². The Balaban J connectivity index is 1.28. The molecule has 8 nitrogen and oxygen atoms in total. The Labute approximate surface area is 164 Å². The minimum Gasteiger partial charge on any atom is -0.381 e. The van der Waals surface area contributed by atoms with Crippen molar-refractivity contribution >= 4 is 5.91 Å². The summed E-state index contributed by atoms with van der Waals surface area (Å²) in [6, 6.07) is 3.69. The average molecular weight is 385 g/mol. The Hall–Kier alpha value is -2.32. The van der Waals surface area contributed by atoms with Gasteiger partial charge in [-0.3, -0.25) is 14.7 Å². The number of piperazine rings is 1. The summed E-state index contributed by atoms with van der Waals surface area (Å²) in [5, 5.41) is 4.01. The zero-order valence-corrected chi connectivity index (χ0v) is 16.3. The number of carbonyl (C=O) groups is 1. The highest BCUT2D eigenvalue weighted by Gasteiger charge is 2.41. The molecule has 0 aliphatic carbocycles. The van der Waals surface area contributed by atoms with Crippen LogP contribution in [0.15, 0.2) is 29.0 Å². The van der Waals surface area contributed by atoms with Crippen molar-refractivity contribution in [3.8, 4) is 11.4 Å². The topological polar surface area (TPSA) is 84.6 Å². The van der Waals surface area contributed by atoms with E-state index in [4.69, 9.17) is 9.26 Å². The summed E-state index contributed by atoms with van der Waals surface area (Å²) in [6.07, 6.45) is 7.20.